The Hall–Kier alpha value is -1.69. The van der Waals surface area contributed by atoms with Gasteiger partial charge in [0.1, 0.15) is 5.76 Å². The number of aliphatic hydroxyl groups is 1. The van der Waals surface area contributed by atoms with Gasteiger partial charge in [0, 0.05) is 18.7 Å². The Bertz CT molecular complexity index is 629. The predicted molar refractivity (Wildman–Crippen MR) is 98.2 cm³/mol. The van der Waals surface area contributed by atoms with Gasteiger partial charge in [0.15, 0.2) is 0 Å². The minimum absolute atomic E-state index is 0.393. The number of nitrogens with zero attached hydrogens (tertiary/aromatic N) is 2. The molecule has 1 aromatic heterocycles. The van der Waals surface area contributed by atoms with Crippen molar-refractivity contribution in [2.24, 2.45) is 5.92 Å². The maximum atomic E-state index is 10.4. The molecule has 0 bridgehead atoms. The first-order chi connectivity index (χ1) is 12.1. The van der Waals surface area contributed by atoms with Gasteiger partial charge in [-0.2, -0.15) is 0 Å². The molecule has 5 nitrogen and oxygen atoms in total. The zero-order valence-electron chi connectivity index (χ0n) is 15.2. The van der Waals surface area contributed by atoms with E-state index in [0.717, 1.165) is 49.7 Å². The van der Waals surface area contributed by atoms with Gasteiger partial charge < -0.3 is 19.8 Å². The molecule has 1 aromatic carbocycles. The topological polar surface area (TPSA) is 61.5 Å². The Morgan fingerprint density at radius 2 is 1.96 bits per heavy atom. The Morgan fingerprint density at radius 3 is 2.60 bits per heavy atom. The van der Waals surface area contributed by atoms with Crippen LogP contribution in [0.2, 0.25) is 0 Å². The van der Waals surface area contributed by atoms with Crippen molar-refractivity contribution in [1.82, 2.24) is 15.4 Å². The molecule has 0 unspecified atom stereocenters. The summed E-state index contributed by atoms with van der Waals surface area (Å²) >= 11 is 0. The number of aromatic nitrogens is 1. The SMILES string of the molecule is Cc1noc(C)c1CNCC1CCN(C[C@@H](O)c2ccccc2)CC1. The molecule has 0 amide bonds. The monoisotopic (exact) mass is 343 g/mol. The number of hydrogen-bond donors (Lipinski definition) is 2. The summed E-state index contributed by atoms with van der Waals surface area (Å²) in [5.41, 5.74) is 3.17. The Balaban J connectivity index is 1.37. The number of β-amino-alcohol motifs (C(OH)–C–C–N with tert-alkyl or cyclic N) is 1. The molecule has 1 fully saturated rings. The van der Waals surface area contributed by atoms with Crippen LogP contribution in [0.4, 0.5) is 0 Å². The van der Waals surface area contributed by atoms with Crippen molar-refractivity contribution < 1.29 is 9.63 Å². The van der Waals surface area contributed by atoms with Crippen LogP contribution in [0.3, 0.4) is 0 Å². The molecular formula is C20H29N3O2. The molecule has 2 aromatic rings. The molecule has 0 radical (unpaired) electrons. The Labute approximate surface area is 150 Å². The van der Waals surface area contributed by atoms with Gasteiger partial charge in [0.05, 0.1) is 11.8 Å². The highest BCUT2D eigenvalue weighted by Crippen LogP contribution is 2.20. The van der Waals surface area contributed by atoms with Crippen molar-refractivity contribution in [3.8, 4) is 0 Å². The molecule has 5 heteroatoms. The van der Waals surface area contributed by atoms with Crippen molar-refractivity contribution >= 4 is 0 Å². The summed E-state index contributed by atoms with van der Waals surface area (Å²) in [4.78, 5) is 2.38. The molecule has 1 aliphatic rings. The second-order valence-electron chi connectivity index (χ2n) is 7.10. The van der Waals surface area contributed by atoms with Gasteiger partial charge >= 0.3 is 0 Å². The number of aliphatic hydroxyl groups excluding tert-OH is 1. The van der Waals surface area contributed by atoms with Crippen LogP contribution < -0.4 is 5.32 Å². The van der Waals surface area contributed by atoms with Gasteiger partial charge in [-0.25, -0.2) is 0 Å². The van der Waals surface area contributed by atoms with Gasteiger partial charge in [0.25, 0.3) is 0 Å². The summed E-state index contributed by atoms with van der Waals surface area (Å²) in [7, 11) is 0. The first-order valence-corrected chi connectivity index (χ1v) is 9.21. The largest absolute Gasteiger partial charge is 0.387 e. The van der Waals surface area contributed by atoms with E-state index in [2.05, 4.69) is 15.4 Å². The van der Waals surface area contributed by atoms with Crippen molar-refractivity contribution in [3.05, 3.63) is 52.9 Å². The third-order valence-corrected chi connectivity index (χ3v) is 5.24. The molecular weight excluding hydrogens is 314 g/mol. The zero-order chi connectivity index (χ0) is 17.6. The predicted octanol–water partition coefficient (Wildman–Crippen LogP) is 2.83. The molecule has 0 saturated carbocycles. The van der Waals surface area contributed by atoms with Crippen LogP contribution in [-0.4, -0.2) is 41.3 Å². The summed E-state index contributed by atoms with van der Waals surface area (Å²) < 4.78 is 5.20. The number of rotatable bonds is 7. The van der Waals surface area contributed by atoms with E-state index in [1.807, 2.05) is 44.2 Å². The standard InChI is InChI=1S/C20H29N3O2/c1-15-19(16(2)25-22-15)13-21-12-17-8-10-23(11-9-17)14-20(24)18-6-4-3-5-7-18/h3-7,17,20-21,24H,8-14H2,1-2H3/t20-/m1/s1. The van der Waals surface area contributed by atoms with Gasteiger partial charge in [0.2, 0.25) is 0 Å². The molecule has 1 saturated heterocycles. The number of likely N-dealkylation sites (tertiary alicyclic amines) is 1. The summed E-state index contributed by atoms with van der Waals surface area (Å²) in [5.74, 6) is 1.61. The van der Waals surface area contributed by atoms with E-state index < -0.39 is 6.10 Å². The molecule has 3 rings (SSSR count). The average Bonchev–Trinajstić information content (AvgIpc) is 2.96. The normalized spacial score (nSPS) is 17.7. The molecule has 136 valence electrons. The van der Waals surface area contributed by atoms with Crippen LogP contribution in [0.5, 0.6) is 0 Å². The number of hydrogen-bond acceptors (Lipinski definition) is 5. The Kier molecular flexibility index (Phi) is 6.24. The summed E-state index contributed by atoms with van der Waals surface area (Å²) in [6, 6.07) is 9.94. The summed E-state index contributed by atoms with van der Waals surface area (Å²) in [6.45, 7) is 8.65. The van der Waals surface area contributed by atoms with Crippen LogP contribution in [-0.2, 0) is 6.54 Å². The summed E-state index contributed by atoms with van der Waals surface area (Å²) in [6.07, 6.45) is 1.96. The number of benzene rings is 1. The first-order valence-electron chi connectivity index (χ1n) is 9.21. The highest BCUT2D eigenvalue weighted by Gasteiger charge is 2.21. The van der Waals surface area contributed by atoms with Crippen molar-refractivity contribution in [3.63, 3.8) is 0 Å². The minimum Gasteiger partial charge on any atom is -0.387 e. The number of aryl methyl sites for hydroxylation is 2. The van der Waals surface area contributed by atoms with Crippen molar-refractivity contribution in [2.75, 3.05) is 26.2 Å². The lowest BCUT2D eigenvalue weighted by Crippen LogP contribution is -2.39. The van der Waals surface area contributed by atoms with Gasteiger partial charge in [-0.1, -0.05) is 35.5 Å². The van der Waals surface area contributed by atoms with Crippen LogP contribution in [0.1, 0.15) is 41.5 Å². The van der Waals surface area contributed by atoms with Gasteiger partial charge in [-0.05, 0) is 57.8 Å². The Morgan fingerprint density at radius 1 is 1.24 bits per heavy atom. The molecule has 25 heavy (non-hydrogen) atoms. The smallest absolute Gasteiger partial charge is 0.138 e. The third-order valence-electron chi connectivity index (χ3n) is 5.24. The quantitative estimate of drug-likeness (QED) is 0.809. The van der Waals surface area contributed by atoms with Crippen molar-refractivity contribution in [2.45, 2.75) is 39.3 Å². The van der Waals surface area contributed by atoms with E-state index in [-0.39, 0.29) is 0 Å². The molecule has 0 aliphatic carbocycles. The number of piperidine rings is 1. The van der Waals surface area contributed by atoms with Gasteiger partial charge in [-0.3, -0.25) is 0 Å². The highest BCUT2D eigenvalue weighted by molar-refractivity contribution is 5.20. The zero-order valence-corrected chi connectivity index (χ0v) is 15.2. The molecule has 0 spiro atoms. The fraction of sp³-hybridized carbons (Fsp3) is 0.550. The highest BCUT2D eigenvalue weighted by atomic mass is 16.5. The number of nitrogens with one attached hydrogen (secondary N) is 1. The van der Waals surface area contributed by atoms with Gasteiger partial charge in [-0.15, -0.1) is 0 Å². The molecule has 1 aliphatic heterocycles. The lowest BCUT2D eigenvalue weighted by Gasteiger charge is -2.33. The lowest BCUT2D eigenvalue weighted by molar-refractivity contribution is 0.0891. The van der Waals surface area contributed by atoms with Crippen LogP contribution in [0, 0.1) is 19.8 Å². The molecule has 1 atom stereocenters. The second-order valence-corrected chi connectivity index (χ2v) is 7.10. The average molecular weight is 343 g/mol. The third kappa shape index (κ3) is 4.91. The fourth-order valence-electron chi connectivity index (χ4n) is 3.55. The van der Waals surface area contributed by atoms with E-state index in [0.29, 0.717) is 5.92 Å². The minimum atomic E-state index is -0.393. The second kappa shape index (κ2) is 8.61. The van der Waals surface area contributed by atoms with E-state index in [9.17, 15) is 5.11 Å². The van der Waals surface area contributed by atoms with E-state index >= 15 is 0 Å². The van der Waals surface area contributed by atoms with Crippen LogP contribution in [0.15, 0.2) is 34.9 Å². The van der Waals surface area contributed by atoms with E-state index in [1.54, 1.807) is 0 Å². The van der Waals surface area contributed by atoms with Crippen LogP contribution >= 0.6 is 0 Å². The maximum absolute atomic E-state index is 10.4. The summed E-state index contributed by atoms with van der Waals surface area (Å²) in [5, 5.41) is 17.9. The first kappa shape index (κ1) is 18.1. The maximum Gasteiger partial charge on any atom is 0.138 e. The van der Waals surface area contributed by atoms with E-state index in [1.165, 1.54) is 18.4 Å². The van der Waals surface area contributed by atoms with E-state index in [4.69, 9.17) is 4.52 Å². The molecule has 2 heterocycles. The van der Waals surface area contributed by atoms with Crippen molar-refractivity contribution in [1.29, 1.82) is 0 Å². The fourth-order valence-corrected chi connectivity index (χ4v) is 3.55. The lowest BCUT2D eigenvalue weighted by atomic mass is 9.96. The van der Waals surface area contributed by atoms with Crippen LogP contribution in [0.25, 0.3) is 0 Å². The molecule has 2 N–H and O–H groups in total.